The summed E-state index contributed by atoms with van der Waals surface area (Å²) in [7, 11) is 6.77. The van der Waals surface area contributed by atoms with Crippen LogP contribution in [0, 0.1) is 0 Å². The Morgan fingerprint density at radius 1 is 0.650 bits per heavy atom. The summed E-state index contributed by atoms with van der Waals surface area (Å²) in [5, 5.41) is 1.95. The lowest BCUT2D eigenvalue weighted by Gasteiger charge is -2.16. The van der Waals surface area contributed by atoms with Gasteiger partial charge >= 0.3 is 0 Å². The summed E-state index contributed by atoms with van der Waals surface area (Å²) in [6.45, 7) is 0. The smallest absolute Gasteiger partial charge is 0.0877 e. The molecule has 1 N–H and O–H groups in total. The van der Waals surface area contributed by atoms with Crippen molar-refractivity contribution in [2.75, 3.05) is 38.0 Å². The van der Waals surface area contributed by atoms with Crippen molar-refractivity contribution in [1.29, 1.82) is 0 Å². The molecule has 4 heteroatoms. The average molecular weight is 288 g/mol. The van der Waals surface area contributed by atoms with E-state index in [0.717, 1.165) is 22.0 Å². The van der Waals surface area contributed by atoms with Gasteiger partial charge in [-0.05, 0) is 48.5 Å². The third kappa shape index (κ3) is 3.30. The van der Waals surface area contributed by atoms with Crippen molar-refractivity contribution < 1.29 is 4.89 Å². The largest absolute Gasteiger partial charge is 0.378 e. The molecule has 0 bridgehead atoms. The fourth-order valence-corrected chi connectivity index (χ4v) is 3.09. The van der Waals surface area contributed by atoms with Crippen LogP contribution in [-0.4, -0.2) is 33.1 Å². The monoisotopic (exact) mass is 288 g/mol. The summed E-state index contributed by atoms with van der Waals surface area (Å²) >= 11 is 0. The molecule has 3 nitrogen and oxygen atoms in total. The second-order valence-corrected chi connectivity index (χ2v) is 6.79. The molecule has 20 heavy (non-hydrogen) atoms. The summed E-state index contributed by atoms with van der Waals surface area (Å²) in [4.78, 5) is 14.6. The van der Waals surface area contributed by atoms with Crippen molar-refractivity contribution in [2.45, 2.75) is 0 Å². The van der Waals surface area contributed by atoms with Crippen molar-refractivity contribution >= 4 is 30.1 Å². The summed E-state index contributed by atoms with van der Waals surface area (Å²) in [5.41, 5.74) is 2.28. The Balaban J connectivity index is 2.19. The highest BCUT2D eigenvalue weighted by Crippen LogP contribution is 2.29. The molecule has 0 fully saturated rings. The van der Waals surface area contributed by atoms with Crippen LogP contribution < -0.4 is 20.4 Å². The maximum atomic E-state index is 10.5. The van der Waals surface area contributed by atoms with Crippen LogP contribution in [0.4, 0.5) is 11.4 Å². The SMILES string of the molecule is CN(C)c1ccc(P(O)c2ccc(N(C)C)cc2)cc1. The molecule has 0 atom stereocenters. The number of benzene rings is 2. The molecule has 0 aliphatic carbocycles. The highest BCUT2D eigenvalue weighted by Gasteiger charge is 2.11. The molecule has 2 aromatic carbocycles. The standard InChI is InChI=1S/C16H21N2OP/c1-17(2)13-5-9-15(10-6-13)20(19)16-11-7-14(8-12-16)18(3)4/h5-12,19H,1-4H3. The molecule has 0 aliphatic heterocycles. The van der Waals surface area contributed by atoms with E-state index in [-0.39, 0.29) is 0 Å². The third-order valence-electron chi connectivity index (χ3n) is 3.22. The molecule has 106 valence electrons. The van der Waals surface area contributed by atoms with Crippen LogP contribution in [0.25, 0.3) is 0 Å². The molecule has 0 radical (unpaired) electrons. The Bertz CT molecular complexity index is 498. The van der Waals surface area contributed by atoms with Gasteiger partial charge in [-0.15, -0.1) is 0 Å². The van der Waals surface area contributed by atoms with Gasteiger partial charge in [-0.1, -0.05) is 0 Å². The second kappa shape index (κ2) is 6.25. The Labute approximate surface area is 122 Å². The van der Waals surface area contributed by atoms with Crippen LogP contribution in [0.3, 0.4) is 0 Å². The molecule has 2 aromatic rings. The highest BCUT2D eigenvalue weighted by molar-refractivity contribution is 7.67. The first-order chi connectivity index (χ1) is 9.49. The van der Waals surface area contributed by atoms with Crippen LogP contribution in [0.1, 0.15) is 0 Å². The van der Waals surface area contributed by atoms with Gasteiger partial charge in [0.2, 0.25) is 0 Å². The van der Waals surface area contributed by atoms with Crippen LogP contribution in [0.15, 0.2) is 48.5 Å². The minimum absolute atomic E-state index is 0.975. The zero-order chi connectivity index (χ0) is 14.7. The van der Waals surface area contributed by atoms with E-state index in [0.29, 0.717) is 0 Å². The fourth-order valence-electron chi connectivity index (χ4n) is 1.93. The number of nitrogens with zero attached hydrogens (tertiary/aromatic N) is 2. The van der Waals surface area contributed by atoms with Gasteiger partial charge in [0.25, 0.3) is 0 Å². The second-order valence-electron chi connectivity index (χ2n) is 5.13. The zero-order valence-corrected chi connectivity index (χ0v) is 13.3. The minimum atomic E-state index is -1.27. The summed E-state index contributed by atoms with van der Waals surface area (Å²) < 4.78 is 0. The molecular formula is C16H21N2OP. The van der Waals surface area contributed by atoms with Crippen LogP contribution in [0.5, 0.6) is 0 Å². The molecule has 0 saturated heterocycles. The van der Waals surface area contributed by atoms with Crippen molar-refractivity contribution in [3.05, 3.63) is 48.5 Å². The Morgan fingerprint density at radius 3 is 1.20 bits per heavy atom. The molecule has 0 spiro atoms. The van der Waals surface area contributed by atoms with Crippen LogP contribution >= 0.6 is 8.15 Å². The van der Waals surface area contributed by atoms with Crippen LogP contribution in [-0.2, 0) is 0 Å². The van der Waals surface area contributed by atoms with Gasteiger partial charge in [0, 0.05) is 50.2 Å². The first kappa shape index (κ1) is 14.8. The van der Waals surface area contributed by atoms with E-state index >= 15 is 0 Å². The van der Waals surface area contributed by atoms with Gasteiger partial charge in [-0.25, -0.2) is 0 Å². The maximum Gasteiger partial charge on any atom is 0.0877 e. The quantitative estimate of drug-likeness (QED) is 0.873. The van der Waals surface area contributed by atoms with Crippen molar-refractivity contribution in [1.82, 2.24) is 0 Å². The van der Waals surface area contributed by atoms with E-state index in [1.54, 1.807) is 0 Å². The average Bonchev–Trinajstić information content (AvgIpc) is 2.46. The van der Waals surface area contributed by atoms with E-state index in [2.05, 4.69) is 9.80 Å². The van der Waals surface area contributed by atoms with Gasteiger partial charge in [-0.2, -0.15) is 0 Å². The summed E-state index contributed by atoms with van der Waals surface area (Å²) in [6.07, 6.45) is 0. The normalized spacial score (nSPS) is 10.7. The molecule has 0 heterocycles. The van der Waals surface area contributed by atoms with Gasteiger partial charge in [0.05, 0.1) is 8.15 Å². The van der Waals surface area contributed by atoms with E-state index in [1.165, 1.54) is 0 Å². The summed E-state index contributed by atoms with van der Waals surface area (Å²) in [5.74, 6) is 0. The van der Waals surface area contributed by atoms with Gasteiger partial charge < -0.3 is 14.7 Å². The third-order valence-corrected chi connectivity index (χ3v) is 4.80. The van der Waals surface area contributed by atoms with Gasteiger partial charge in [-0.3, -0.25) is 0 Å². The number of hydrogen-bond acceptors (Lipinski definition) is 3. The van der Waals surface area contributed by atoms with Crippen LogP contribution in [0.2, 0.25) is 0 Å². The van der Waals surface area contributed by atoms with Gasteiger partial charge in [0.1, 0.15) is 0 Å². The minimum Gasteiger partial charge on any atom is -0.378 e. The number of anilines is 2. The lowest BCUT2D eigenvalue weighted by atomic mass is 10.3. The first-order valence-corrected chi connectivity index (χ1v) is 7.82. The Morgan fingerprint density at radius 2 is 0.950 bits per heavy atom. The van der Waals surface area contributed by atoms with E-state index in [9.17, 15) is 4.89 Å². The van der Waals surface area contributed by atoms with Crippen molar-refractivity contribution in [2.24, 2.45) is 0 Å². The molecule has 0 aliphatic rings. The molecule has 0 amide bonds. The lowest BCUT2D eigenvalue weighted by Crippen LogP contribution is -2.14. The zero-order valence-electron chi connectivity index (χ0n) is 12.4. The number of rotatable bonds is 4. The topological polar surface area (TPSA) is 26.7 Å². The molecule has 0 saturated carbocycles. The van der Waals surface area contributed by atoms with Crippen molar-refractivity contribution in [3.63, 3.8) is 0 Å². The van der Waals surface area contributed by atoms with E-state index < -0.39 is 8.15 Å². The van der Waals surface area contributed by atoms with E-state index in [1.807, 2.05) is 76.7 Å². The highest BCUT2D eigenvalue weighted by atomic mass is 31.1. The van der Waals surface area contributed by atoms with Gasteiger partial charge in [0.15, 0.2) is 0 Å². The van der Waals surface area contributed by atoms with E-state index in [4.69, 9.17) is 0 Å². The predicted molar refractivity (Wildman–Crippen MR) is 89.9 cm³/mol. The molecular weight excluding hydrogens is 267 g/mol. The maximum absolute atomic E-state index is 10.5. The Hall–Kier alpha value is -1.57. The predicted octanol–water partition coefficient (Wildman–Crippen LogP) is 2.16. The Kier molecular flexibility index (Phi) is 4.64. The van der Waals surface area contributed by atoms with Crippen molar-refractivity contribution in [3.8, 4) is 0 Å². The molecule has 0 aromatic heterocycles. The first-order valence-electron chi connectivity index (χ1n) is 6.53. The molecule has 0 unspecified atom stereocenters. The fraction of sp³-hybridized carbons (Fsp3) is 0.250. The number of hydrogen-bond donors (Lipinski definition) is 1. The summed E-state index contributed by atoms with van der Waals surface area (Å²) in [6, 6.07) is 16.2. The molecule has 2 rings (SSSR count). The lowest BCUT2D eigenvalue weighted by molar-refractivity contribution is 0.644.